The molecular weight excluding hydrogens is 254 g/mol. The number of aliphatic carboxylic acids is 2. The van der Waals surface area contributed by atoms with Crippen molar-refractivity contribution >= 4 is 17.8 Å². The smallest absolute Gasteiger partial charge is 0.383 e. The Morgan fingerprint density at radius 3 is 1.94 bits per heavy atom. The molecule has 3 N–H and O–H groups in total. The largest absolute Gasteiger partial charge is 0.481 e. The number of carbonyl (C=O) groups is 3. The quantitative estimate of drug-likeness (QED) is 0.581. The third kappa shape index (κ3) is 4.25. The number of amides is 1. The summed E-state index contributed by atoms with van der Waals surface area (Å²) < 4.78 is 48.2. The molecule has 0 bridgehead atoms. The third-order valence-corrected chi connectivity index (χ3v) is 1.56. The Kier molecular flexibility index (Phi) is 4.86. The van der Waals surface area contributed by atoms with Crippen LogP contribution in [0.5, 0.6) is 0 Å². The number of hydrogen-bond acceptors (Lipinski definition) is 3. The molecule has 0 saturated heterocycles. The highest BCUT2D eigenvalue weighted by Gasteiger charge is 2.50. The fourth-order valence-corrected chi connectivity index (χ4v) is 0.728. The van der Waals surface area contributed by atoms with Crippen LogP contribution in [0.25, 0.3) is 0 Å². The molecule has 17 heavy (non-hydrogen) atoms. The van der Waals surface area contributed by atoms with Crippen molar-refractivity contribution in [1.29, 1.82) is 0 Å². The minimum Gasteiger partial charge on any atom is -0.481 e. The maximum atomic E-state index is 12.4. The van der Waals surface area contributed by atoms with Crippen molar-refractivity contribution in [2.45, 2.75) is 24.8 Å². The molecule has 0 saturated carbocycles. The standard InChI is InChI=1S/C7H7F4NO5/c8-5(9)7(10,11)6(17)12-2(4(15)16)1-3(13)14/h2,5H,1H2,(H,12,17)(H,13,14)(H,15,16)/t2-/m1/s1. The summed E-state index contributed by atoms with van der Waals surface area (Å²) in [5, 5.41) is 17.6. The predicted octanol–water partition coefficient (Wildman–Crippen LogP) is -0.0691. The Morgan fingerprint density at radius 1 is 1.18 bits per heavy atom. The molecule has 0 aromatic rings. The molecule has 0 rings (SSSR count). The van der Waals surface area contributed by atoms with Crippen molar-refractivity contribution in [3.63, 3.8) is 0 Å². The number of alkyl halides is 4. The topological polar surface area (TPSA) is 104 Å². The van der Waals surface area contributed by atoms with Gasteiger partial charge in [-0.2, -0.15) is 8.78 Å². The molecule has 0 aliphatic heterocycles. The molecule has 6 nitrogen and oxygen atoms in total. The first-order valence-corrected chi connectivity index (χ1v) is 4.00. The Labute approximate surface area is 91.2 Å². The second-order valence-corrected chi connectivity index (χ2v) is 2.89. The van der Waals surface area contributed by atoms with E-state index in [0.717, 1.165) is 5.32 Å². The zero-order chi connectivity index (χ0) is 13.8. The lowest BCUT2D eigenvalue weighted by atomic mass is 10.2. The molecule has 10 heteroatoms. The van der Waals surface area contributed by atoms with Crippen LogP contribution >= 0.6 is 0 Å². The average molecular weight is 261 g/mol. The first-order chi connectivity index (χ1) is 7.59. The SMILES string of the molecule is O=C(O)C[C@@H](NC(=O)C(F)(F)C(F)F)C(=O)O. The minimum absolute atomic E-state index is 1.02. The Balaban J connectivity index is 4.73. The van der Waals surface area contributed by atoms with Crippen LogP contribution in [0.3, 0.4) is 0 Å². The van der Waals surface area contributed by atoms with Gasteiger partial charge in [-0.3, -0.25) is 9.59 Å². The lowest BCUT2D eigenvalue weighted by Gasteiger charge is -2.18. The number of carboxylic acid groups (broad SMARTS) is 2. The van der Waals surface area contributed by atoms with E-state index in [0.29, 0.717) is 0 Å². The lowest BCUT2D eigenvalue weighted by Crippen LogP contribution is -2.51. The van der Waals surface area contributed by atoms with Crippen LogP contribution in [-0.2, 0) is 14.4 Å². The molecule has 0 spiro atoms. The lowest BCUT2D eigenvalue weighted by molar-refractivity contribution is -0.171. The summed E-state index contributed by atoms with van der Waals surface area (Å²) in [4.78, 5) is 31.1. The van der Waals surface area contributed by atoms with Crippen LogP contribution in [0, 0.1) is 0 Å². The second-order valence-electron chi connectivity index (χ2n) is 2.89. The van der Waals surface area contributed by atoms with Gasteiger partial charge in [-0.1, -0.05) is 0 Å². The minimum atomic E-state index is -5.08. The number of carbonyl (C=O) groups excluding carboxylic acids is 1. The summed E-state index contributed by atoms with van der Waals surface area (Å²) >= 11 is 0. The van der Waals surface area contributed by atoms with E-state index in [1.807, 2.05) is 0 Å². The number of carboxylic acids is 2. The number of halogens is 4. The summed E-state index contributed by atoms with van der Waals surface area (Å²) in [7, 11) is 0. The van der Waals surface area contributed by atoms with Crippen molar-refractivity contribution in [2.24, 2.45) is 0 Å². The van der Waals surface area contributed by atoms with Gasteiger partial charge in [0.2, 0.25) is 0 Å². The third-order valence-electron chi connectivity index (χ3n) is 1.56. The van der Waals surface area contributed by atoms with Crippen LogP contribution < -0.4 is 5.32 Å². The maximum Gasteiger partial charge on any atom is 0.383 e. The number of hydrogen-bond donors (Lipinski definition) is 3. The van der Waals surface area contributed by atoms with Gasteiger partial charge in [0, 0.05) is 0 Å². The summed E-state index contributed by atoms with van der Waals surface area (Å²) in [5.74, 6) is -11.2. The van der Waals surface area contributed by atoms with E-state index in [-0.39, 0.29) is 0 Å². The van der Waals surface area contributed by atoms with Crippen LogP contribution in [0.2, 0.25) is 0 Å². The highest BCUT2D eigenvalue weighted by molar-refractivity contribution is 5.90. The summed E-state index contributed by atoms with van der Waals surface area (Å²) in [6.45, 7) is 0. The summed E-state index contributed by atoms with van der Waals surface area (Å²) in [6.07, 6.45) is -5.53. The van der Waals surface area contributed by atoms with Crippen molar-refractivity contribution in [3.8, 4) is 0 Å². The molecule has 1 atom stereocenters. The molecule has 0 aromatic heterocycles. The number of rotatable bonds is 6. The van der Waals surface area contributed by atoms with E-state index in [9.17, 15) is 31.9 Å². The first-order valence-electron chi connectivity index (χ1n) is 4.00. The molecule has 0 fully saturated rings. The summed E-state index contributed by atoms with van der Waals surface area (Å²) in [6, 6.07) is -2.20. The van der Waals surface area contributed by atoms with Gasteiger partial charge in [-0.25, -0.2) is 13.6 Å². The zero-order valence-corrected chi connectivity index (χ0v) is 7.99. The van der Waals surface area contributed by atoms with Gasteiger partial charge in [-0.15, -0.1) is 0 Å². The maximum absolute atomic E-state index is 12.4. The molecule has 98 valence electrons. The molecule has 0 unspecified atom stereocenters. The van der Waals surface area contributed by atoms with Crippen LogP contribution in [0.15, 0.2) is 0 Å². The van der Waals surface area contributed by atoms with Crippen molar-refractivity contribution < 1.29 is 42.2 Å². The Bertz CT molecular complexity index is 332. The normalized spacial score (nSPS) is 13.2. The van der Waals surface area contributed by atoms with Crippen molar-refractivity contribution in [2.75, 3.05) is 0 Å². The van der Waals surface area contributed by atoms with Gasteiger partial charge in [0.1, 0.15) is 6.04 Å². The molecule has 0 radical (unpaired) electrons. The van der Waals surface area contributed by atoms with Gasteiger partial charge in [0.15, 0.2) is 0 Å². The fraction of sp³-hybridized carbons (Fsp3) is 0.571. The molecule has 0 aromatic carbocycles. The van der Waals surface area contributed by atoms with Crippen LogP contribution in [-0.4, -0.2) is 46.4 Å². The Morgan fingerprint density at radius 2 is 1.65 bits per heavy atom. The van der Waals surface area contributed by atoms with Crippen molar-refractivity contribution in [1.82, 2.24) is 5.32 Å². The van der Waals surface area contributed by atoms with Crippen molar-refractivity contribution in [3.05, 3.63) is 0 Å². The molecular formula is C7H7F4NO5. The molecule has 0 aliphatic carbocycles. The Hall–Kier alpha value is -1.87. The van der Waals surface area contributed by atoms with Gasteiger partial charge >= 0.3 is 24.3 Å². The zero-order valence-electron chi connectivity index (χ0n) is 7.99. The van der Waals surface area contributed by atoms with E-state index in [4.69, 9.17) is 10.2 Å². The van der Waals surface area contributed by atoms with Gasteiger partial charge in [0.25, 0.3) is 5.91 Å². The fourth-order valence-electron chi connectivity index (χ4n) is 0.728. The van der Waals surface area contributed by atoms with Gasteiger partial charge in [0.05, 0.1) is 6.42 Å². The average Bonchev–Trinajstić information content (AvgIpc) is 2.15. The van der Waals surface area contributed by atoms with Gasteiger partial charge in [-0.05, 0) is 0 Å². The number of nitrogens with one attached hydrogen (secondary N) is 1. The molecule has 1 amide bonds. The van der Waals surface area contributed by atoms with E-state index in [1.54, 1.807) is 0 Å². The molecule has 0 heterocycles. The highest BCUT2D eigenvalue weighted by atomic mass is 19.3. The van der Waals surface area contributed by atoms with E-state index in [2.05, 4.69) is 0 Å². The highest BCUT2D eigenvalue weighted by Crippen LogP contribution is 2.23. The molecule has 0 aliphatic rings. The second kappa shape index (κ2) is 5.46. The van der Waals surface area contributed by atoms with Crippen LogP contribution in [0.4, 0.5) is 17.6 Å². The van der Waals surface area contributed by atoms with Crippen LogP contribution in [0.1, 0.15) is 6.42 Å². The van der Waals surface area contributed by atoms with E-state index >= 15 is 0 Å². The van der Waals surface area contributed by atoms with E-state index in [1.165, 1.54) is 0 Å². The predicted molar refractivity (Wildman–Crippen MR) is 42.8 cm³/mol. The van der Waals surface area contributed by atoms with E-state index < -0.39 is 42.7 Å². The van der Waals surface area contributed by atoms with Gasteiger partial charge < -0.3 is 15.5 Å². The monoisotopic (exact) mass is 261 g/mol. The summed E-state index contributed by atoms with van der Waals surface area (Å²) in [5.41, 5.74) is 0. The first kappa shape index (κ1) is 15.1.